The number of carbonyl (C=O) groups excluding carboxylic acids is 1. The Bertz CT molecular complexity index is 493. The van der Waals surface area contributed by atoms with E-state index in [0.29, 0.717) is 30.6 Å². The van der Waals surface area contributed by atoms with E-state index in [9.17, 15) is 4.79 Å². The highest BCUT2D eigenvalue weighted by molar-refractivity contribution is 5.76. The van der Waals surface area contributed by atoms with Gasteiger partial charge in [0, 0.05) is 30.8 Å². The van der Waals surface area contributed by atoms with Crippen LogP contribution < -0.4 is 5.32 Å². The standard InChI is InChI=1S/C16H28N4O2/c1-5-20-10-6-7-12(20)11-17-13(21)8-9-14-18-15(19-22-14)16(2,3)4/h12H,5-11H2,1-4H3,(H,17,21)/t12-/m0/s1. The molecule has 0 spiro atoms. The summed E-state index contributed by atoms with van der Waals surface area (Å²) in [6.45, 7) is 11.2. The molecule has 1 aliphatic heterocycles. The van der Waals surface area contributed by atoms with Crippen molar-refractivity contribution in [3.8, 4) is 0 Å². The number of nitrogens with one attached hydrogen (secondary N) is 1. The molecule has 1 aliphatic rings. The Hall–Kier alpha value is -1.43. The molecule has 6 nitrogen and oxygen atoms in total. The van der Waals surface area contributed by atoms with Crippen LogP contribution in [0.3, 0.4) is 0 Å². The first-order valence-corrected chi connectivity index (χ1v) is 8.24. The molecule has 1 saturated heterocycles. The fourth-order valence-corrected chi connectivity index (χ4v) is 2.74. The highest BCUT2D eigenvalue weighted by atomic mass is 16.5. The molecule has 0 bridgehead atoms. The van der Waals surface area contributed by atoms with E-state index in [1.165, 1.54) is 12.8 Å². The fourth-order valence-electron chi connectivity index (χ4n) is 2.74. The van der Waals surface area contributed by atoms with Crippen molar-refractivity contribution in [3.05, 3.63) is 11.7 Å². The maximum absolute atomic E-state index is 12.0. The van der Waals surface area contributed by atoms with Gasteiger partial charge in [0.05, 0.1) is 0 Å². The monoisotopic (exact) mass is 308 g/mol. The van der Waals surface area contributed by atoms with Gasteiger partial charge in [-0.05, 0) is 25.9 Å². The average Bonchev–Trinajstić information content (AvgIpc) is 3.10. The summed E-state index contributed by atoms with van der Waals surface area (Å²) in [5.74, 6) is 1.28. The zero-order chi connectivity index (χ0) is 16.2. The summed E-state index contributed by atoms with van der Waals surface area (Å²) in [5, 5.41) is 7.00. The predicted octanol–water partition coefficient (Wildman–Crippen LogP) is 1.90. The molecule has 1 atom stereocenters. The van der Waals surface area contributed by atoms with E-state index in [1.54, 1.807) is 0 Å². The molecule has 0 unspecified atom stereocenters. The van der Waals surface area contributed by atoms with E-state index in [2.05, 4.69) is 27.3 Å². The van der Waals surface area contributed by atoms with Gasteiger partial charge in [-0.25, -0.2) is 0 Å². The zero-order valence-corrected chi connectivity index (χ0v) is 14.2. The molecule has 2 rings (SSSR count). The molecule has 2 heterocycles. The number of aryl methyl sites for hydroxylation is 1. The van der Waals surface area contributed by atoms with Gasteiger partial charge in [0.2, 0.25) is 11.8 Å². The van der Waals surface area contributed by atoms with Crippen molar-refractivity contribution in [2.45, 2.75) is 64.8 Å². The Labute approximate surface area is 132 Å². The normalized spacial score (nSPS) is 19.5. The number of nitrogens with zero attached hydrogens (tertiary/aromatic N) is 3. The molecule has 1 fully saturated rings. The summed E-state index contributed by atoms with van der Waals surface area (Å²) >= 11 is 0. The van der Waals surface area contributed by atoms with Crippen molar-refractivity contribution in [2.24, 2.45) is 0 Å². The topological polar surface area (TPSA) is 71.3 Å². The molecule has 1 amide bonds. The van der Waals surface area contributed by atoms with E-state index in [4.69, 9.17) is 4.52 Å². The van der Waals surface area contributed by atoms with E-state index in [0.717, 1.165) is 19.6 Å². The lowest BCUT2D eigenvalue weighted by atomic mass is 9.96. The molecule has 1 aromatic heterocycles. The second-order valence-corrected chi connectivity index (χ2v) is 6.99. The highest BCUT2D eigenvalue weighted by Crippen LogP contribution is 2.19. The molecular weight excluding hydrogens is 280 g/mol. The van der Waals surface area contributed by atoms with Gasteiger partial charge < -0.3 is 9.84 Å². The second-order valence-electron chi connectivity index (χ2n) is 6.99. The van der Waals surface area contributed by atoms with Gasteiger partial charge in [0.25, 0.3) is 0 Å². The van der Waals surface area contributed by atoms with Crippen LogP contribution in [-0.4, -0.2) is 46.6 Å². The molecule has 0 aliphatic carbocycles. The molecule has 6 heteroatoms. The SMILES string of the molecule is CCN1CCC[C@H]1CNC(=O)CCc1nc(C(C)(C)C)no1. The molecule has 124 valence electrons. The number of hydrogen-bond acceptors (Lipinski definition) is 5. The van der Waals surface area contributed by atoms with Gasteiger partial charge in [0.15, 0.2) is 5.82 Å². The van der Waals surface area contributed by atoms with Crippen LogP contribution in [0.5, 0.6) is 0 Å². The molecule has 1 aromatic rings. The lowest BCUT2D eigenvalue weighted by Gasteiger charge is -2.22. The van der Waals surface area contributed by atoms with Crippen LogP contribution in [0, 0.1) is 0 Å². The van der Waals surface area contributed by atoms with Crippen molar-refractivity contribution >= 4 is 5.91 Å². The molecule has 0 aromatic carbocycles. The number of likely N-dealkylation sites (N-methyl/N-ethyl adjacent to an activating group) is 1. The van der Waals surface area contributed by atoms with Crippen LogP contribution in [0.2, 0.25) is 0 Å². The van der Waals surface area contributed by atoms with E-state index in [-0.39, 0.29) is 11.3 Å². The molecular formula is C16H28N4O2. The van der Waals surface area contributed by atoms with Crippen molar-refractivity contribution in [1.29, 1.82) is 0 Å². The summed E-state index contributed by atoms with van der Waals surface area (Å²) < 4.78 is 5.20. The molecule has 0 radical (unpaired) electrons. The van der Waals surface area contributed by atoms with Crippen molar-refractivity contribution < 1.29 is 9.32 Å². The Morgan fingerprint density at radius 3 is 2.86 bits per heavy atom. The first kappa shape index (κ1) is 16.9. The maximum atomic E-state index is 12.0. The van der Waals surface area contributed by atoms with Crippen LogP contribution in [-0.2, 0) is 16.6 Å². The minimum Gasteiger partial charge on any atom is -0.355 e. The second kappa shape index (κ2) is 7.22. The van der Waals surface area contributed by atoms with Crippen LogP contribution >= 0.6 is 0 Å². The summed E-state index contributed by atoms with van der Waals surface area (Å²) in [7, 11) is 0. The zero-order valence-electron chi connectivity index (χ0n) is 14.2. The van der Waals surface area contributed by atoms with Gasteiger partial charge in [-0.15, -0.1) is 0 Å². The third-order valence-electron chi connectivity index (χ3n) is 4.14. The molecule has 0 saturated carbocycles. The van der Waals surface area contributed by atoms with Crippen LogP contribution in [0.4, 0.5) is 0 Å². The van der Waals surface area contributed by atoms with Crippen molar-refractivity contribution in [3.63, 3.8) is 0 Å². The minimum absolute atomic E-state index is 0.0541. The smallest absolute Gasteiger partial charge is 0.227 e. The molecule has 22 heavy (non-hydrogen) atoms. The third-order valence-corrected chi connectivity index (χ3v) is 4.14. The summed E-state index contributed by atoms with van der Waals surface area (Å²) in [5.41, 5.74) is -0.129. The first-order chi connectivity index (χ1) is 10.4. The van der Waals surface area contributed by atoms with E-state index >= 15 is 0 Å². The van der Waals surface area contributed by atoms with Crippen molar-refractivity contribution in [2.75, 3.05) is 19.6 Å². The number of amides is 1. The number of aromatic nitrogens is 2. The van der Waals surface area contributed by atoms with Gasteiger partial charge in [-0.3, -0.25) is 9.69 Å². The molecule has 1 N–H and O–H groups in total. The Balaban J connectivity index is 1.72. The predicted molar refractivity (Wildman–Crippen MR) is 84.6 cm³/mol. The Kier molecular flexibility index (Phi) is 5.56. The highest BCUT2D eigenvalue weighted by Gasteiger charge is 2.23. The maximum Gasteiger partial charge on any atom is 0.227 e. The summed E-state index contributed by atoms with van der Waals surface area (Å²) in [6.07, 6.45) is 3.29. The fraction of sp³-hybridized carbons (Fsp3) is 0.812. The quantitative estimate of drug-likeness (QED) is 0.869. The van der Waals surface area contributed by atoms with Gasteiger partial charge in [-0.2, -0.15) is 4.98 Å². The number of hydrogen-bond donors (Lipinski definition) is 1. The van der Waals surface area contributed by atoms with Crippen LogP contribution in [0.25, 0.3) is 0 Å². The lowest BCUT2D eigenvalue weighted by molar-refractivity contribution is -0.121. The van der Waals surface area contributed by atoms with Gasteiger partial charge in [0.1, 0.15) is 0 Å². The van der Waals surface area contributed by atoms with E-state index in [1.807, 2.05) is 20.8 Å². The third kappa shape index (κ3) is 4.53. The Morgan fingerprint density at radius 2 is 2.23 bits per heavy atom. The van der Waals surface area contributed by atoms with E-state index < -0.39 is 0 Å². The lowest BCUT2D eigenvalue weighted by Crippen LogP contribution is -2.40. The summed E-state index contributed by atoms with van der Waals surface area (Å²) in [6, 6.07) is 0.491. The average molecular weight is 308 g/mol. The minimum atomic E-state index is -0.129. The number of rotatable bonds is 6. The first-order valence-electron chi connectivity index (χ1n) is 8.24. The summed E-state index contributed by atoms with van der Waals surface area (Å²) in [4.78, 5) is 18.7. The number of carbonyl (C=O) groups is 1. The van der Waals surface area contributed by atoms with Gasteiger partial charge >= 0.3 is 0 Å². The Morgan fingerprint density at radius 1 is 1.45 bits per heavy atom. The largest absolute Gasteiger partial charge is 0.355 e. The van der Waals surface area contributed by atoms with Gasteiger partial charge in [-0.1, -0.05) is 32.9 Å². The van der Waals surface area contributed by atoms with Crippen LogP contribution in [0.1, 0.15) is 58.7 Å². The van der Waals surface area contributed by atoms with Crippen molar-refractivity contribution in [1.82, 2.24) is 20.4 Å². The number of likely N-dealkylation sites (tertiary alicyclic amines) is 1. The van der Waals surface area contributed by atoms with Crippen LogP contribution in [0.15, 0.2) is 4.52 Å².